The molecule has 3 N–H and O–H groups in total. The highest BCUT2D eigenvalue weighted by Crippen LogP contribution is 2.26. The van der Waals surface area contributed by atoms with Gasteiger partial charge in [0.05, 0.1) is 15.6 Å². The summed E-state index contributed by atoms with van der Waals surface area (Å²) < 4.78 is 27.4. The van der Waals surface area contributed by atoms with E-state index in [1.807, 2.05) is 20.8 Å². The zero-order chi connectivity index (χ0) is 14.8. The van der Waals surface area contributed by atoms with Crippen molar-refractivity contribution in [1.29, 1.82) is 0 Å². The molecule has 0 amide bonds. The van der Waals surface area contributed by atoms with Crippen molar-refractivity contribution in [2.75, 3.05) is 5.73 Å². The van der Waals surface area contributed by atoms with Crippen molar-refractivity contribution in [2.45, 2.75) is 45.1 Å². The molecule has 0 aliphatic carbocycles. The number of nitrogens with one attached hydrogen (secondary N) is 1. The minimum atomic E-state index is -3.57. The third-order valence-corrected chi connectivity index (χ3v) is 5.45. The Labute approximate surface area is 120 Å². The first kappa shape index (κ1) is 16.3. The number of sulfonamides is 1. The first-order valence-corrected chi connectivity index (χ1v) is 8.13. The second-order valence-corrected chi connectivity index (χ2v) is 7.02. The molecule has 6 heteroatoms. The Hall–Kier alpha value is -0.780. The predicted molar refractivity (Wildman–Crippen MR) is 79.8 cm³/mol. The van der Waals surface area contributed by atoms with Crippen LogP contribution in [0.5, 0.6) is 0 Å². The second kappa shape index (κ2) is 6.11. The lowest BCUT2D eigenvalue weighted by Gasteiger charge is -2.20. The Morgan fingerprint density at radius 1 is 1.37 bits per heavy atom. The molecule has 0 aromatic heterocycles. The number of hydrogen-bond donors (Lipinski definition) is 2. The van der Waals surface area contributed by atoms with Crippen LogP contribution in [0.3, 0.4) is 0 Å². The highest BCUT2D eigenvalue weighted by molar-refractivity contribution is 7.89. The van der Waals surface area contributed by atoms with Crippen LogP contribution in [0, 0.1) is 12.8 Å². The average Bonchev–Trinajstić information content (AvgIpc) is 2.31. The molecule has 0 heterocycles. The van der Waals surface area contributed by atoms with Crippen LogP contribution in [0.2, 0.25) is 5.02 Å². The summed E-state index contributed by atoms with van der Waals surface area (Å²) in [6, 6.07) is 2.84. The van der Waals surface area contributed by atoms with Crippen LogP contribution in [-0.4, -0.2) is 14.5 Å². The Kier molecular flexibility index (Phi) is 5.24. The summed E-state index contributed by atoms with van der Waals surface area (Å²) in [7, 11) is -3.57. The van der Waals surface area contributed by atoms with Crippen molar-refractivity contribution >= 4 is 27.3 Å². The highest BCUT2D eigenvalue weighted by Gasteiger charge is 2.22. The molecule has 1 rings (SSSR count). The van der Waals surface area contributed by atoms with Crippen LogP contribution in [0.25, 0.3) is 0 Å². The number of rotatable bonds is 5. The molecule has 19 heavy (non-hydrogen) atoms. The Bertz CT molecular complexity index is 558. The van der Waals surface area contributed by atoms with Crippen LogP contribution < -0.4 is 10.5 Å². The van der Waals surface area contributed by atoms with Gasteiger partial charge in [0.15, 0.2) is 0 Å². The van der Waals surface area contributed by atoms with E-state index in [4.69, 9.17) is 17.3 Å². The van der Waals surface area contributed by atoms with Gasteiger partial charge in [-0.3, -0.25) is 0 Å². The van der Waals surface area contributed by atoms with E-state index in [1.54, 1.807) is 13.0 Å². The van der Waals surface area contributed by atoms with E-state index < -0.39 is 10.0 Å². The van der Waals surface area contributed by atoms with Gasteiger partial charge in [-0.15, -0.1) is 0 Å². The molecule has 0 spiro atoms. The van der Waals surface area contributed by atoms with Crippen LogP contribution in [0.4, 0.5) is 5.69 Å². The molecule has 0 bridgehead atoms. The fourth-order valence-electron chi connectivity index (χ4n) is 1.74. The second-order valence-electron chi connectivity index (χ2n) is 4.93. The molecular formula is C13H21ClN2O2S. The van der Waals surface area contributed by atoms with Crippen LogP contribution in [0.15, 0.2) is 17.0 Å². The number of benzene rings is 1. The van der Waals surface area contributed by atoms with Gasteiger partial charge in [-0.2, -0.15) is 0 Å². The van der Waals surface area contributed by atoms with Crippen LogP contribution in [-0.2, 0) is 10.0 Å². The van der Waals surface area contributed by atoms with Crippen LogP contribution in [0.1, 0.15) is 32.8 Å². The maximum Gasteiger partial charge on any atom is 0.241 e. The molecule has 0 fully saturated rings. The number of halogens is 1. The van der Waals surface area contributed by atoms with Gasteiger partial charge in [-0.25, -0.2) is 13.1 Å². The van der Waals surface area contributed by atoms with E-state index >= 15 is 0 Å². The number of anilines is 1. The minimum Gasteiger partial charge on any atom is -0.397 e. The third-order valence-electron chi connectivity index (χ3n) is 3.42. The van der Waals surface area contributed by atoms with Crippen molar-refractivity contribution < 1.29 is 8.42 Å². The zero-order valence-corrected chi connectivity index (χ0v) is 13.3. The van der Waals surface area contributed by atoms with E-state index in [9.17, 15) is 8.42 Å². The Morgan fingerprint density at radius 2 is 1.95 bits per heavy atom. The van der Waals surface area contributed by atoms with Crippen molar-refractivity contribution in [2.24, 2.45) is 5.92 Å². The number of aryl methyl sites for hydroxylation is 1. The topological polar surface area (TPSA) is 72.2 Å². The summed E-state index contributed by atoms with van der Waals surface area (Å²) in [5.74, 6) is 0.264. The zero-order valence-electron chi connectivity index (χ0n) is 11.7. The van der Waals surface area contributed by atoms with E-state index in [1.165, 1.54) is 6.07 Å². The van der Waals surface area contributed by atoms with E-state index in [0.717, 1.165) is 6.42 Å². The molecule has 0 saturated carbocycles. The first-order valence-electron chi connectivity index (χ1n) is 6.27. The number of nitrogens with two attached hydrogens (primary N) is 1. The SMILES string of the molecule is CCC(C)C(C)NS(=O)(=O)c1cc(N)c(Cl)cc1C. The molecule has 0 aliphatic rings. The van der Waals surface area contributed by atoms with E-state index in [-0.39, 0.29) is 22.5 Å². The summed E-state index contributed by atoms with van der Waals surface area (Å²) in [6.45, 7) is 7.60. The fraction of sp³-hybridized carbons (Fsp3) is 0.538. The Morgan fingerprint density at radius 3 is 2.47 bits per heavy atom. The number of nitrogen functional groups attached to an aromatic ring is 1. The molecule has 0 saturated heterocycles. The molecule has 2 unspecified atom stereocenters. The monoisotopic (exact) mass is 304 g/mol. The smallest absolute Gasteiger partial charge is 0.241 e. The number of hydrogen-bond acceptors (Lipinski definition) is 3. The minimum absolute atomic E-state index is 0.133. The summed E-state index contributed by atoms with van der Waals surface area (Å²) in [5, 5.41) is 0.367. The Balaban J connectivity index is 3.11. The predicted octanol–water partition coefficient (Wildman–Crippen LogP) is 2.94. The van der Waals surface area contributed by atoms with E-state index in [2.05, 4.69) is 4.72 Å². The van der Waals surface area contributed by atoms with Gasteiger partial charge in [0.2, 0.25) is 10.0 Å². The summed E-state index contributed by atoms with van der Waals surface area (Å²) in [4.78, 5) is 0.185. The van der Waals surface area contributed by atoms with Gasteiger partial charge in [-0.1, -0.05) is 31.9 Å². The van der Waals surface area contributed by atoms with Gasteiger partial charge in [0.25, 0.3) is 0 Å². The van der Waals surface area contributed by atoms with Crippen molar-refractivity contribution in [3.05, 3.63) is 22.7 Å². The summed E-state index contributed by atoms with van der Waals surface area (Å²) in [6.07, 6.45) is 0.908. The van der Waals surface area contributed by atoms with E-state index in [0.29, 0.717) is 10.6 Å². The molecule has 2 atom stereocenters. The highest BCUT2D eigenvalue weighted by atomic mass is 35.5. The lowest BCUT2D eigenvalue weighted by Crippen LogP contribution is -2.37. The largest absolute Gasteiger partial charge is 0.397 e. The fourth-order valence-corrected chi connectivity index (χ4v) is 3.57. The molecule has 1 aromatic rings. The lowest BCUT2D eigenvalue weighted by molar-refractivity contribution is 0.434. The van der Waals surface area contributed by atoms with Crippen LogP contribution >= 0.6 is 11.6 Å². The van der Waals surface area contributed by atoms with Crippen molar-refractivity contribution in [1.82, 2.24) is 4.72 Å². The molecular weight excluding hydrogens is 284 g/mol. The first-order chi connectivity index (χ1) is 8.69. The van der Waals surface area contributed by atoms with Gasteiger partial charge in [0, 0.05) is 6.04 Å². The summed E-state index contributed by atoms with van der Waals surface area (Å²) in [5.41, 5.74) is 6.53. The standard InChI is InChI=1S/C13H21ClN2O2S/c1-5-8(2)10(4)16-19(17,18)13-7-12(15)11(14)6-9(13)3/h6-8,10,16H,5,15H2,1-4H3. The average molecular weight is 305 g/mol. The molecule has 1 aromatic carbocycles. The lowest BCUT2D eigenvalue weighted by atomic mass is 10.0. The van der Waals surface area contributed by atoms with Gasteiger partial charge in [0.1, 0.15) is 0 Å². The maximum absolute atomic E-state index is 12.3. The quantitative estimate of drug-likeness (QED) is 0.822. The van der Waals surface area contributed by atoms with Gasteiger partial charge < -0.3 is 5.73 Å². The molecule has 0 radical (unpaired) electrons. The molecule has 108 valence electrons. The molecule has 4 nitrogen and oxygen atoms in total. The normalized spacial score (nSPS) is 15.2. The van der Waals surface area contributed by atoms with Crippen molar-refractivity contribution in [3.8, 4) is 0 Å². The maximum atomic E-state index is 12.3. The van der Waals surface area contributed by atoms with Crippen molar-refractivity contribution in [3.63, 3.8) is 0 Å². The third kappa shape index (κ3) is 3.84. The summed E-state index contributed by atoms with van der Waals surface area (Å²) >= 11 is 5.87. The van der Waals surface area contributed by atoms with Gasteiger partial charge >= 0.3 is 0 Å². The van der Waals surface area contributed by atoms with Gasteiger partial charge in [-0.05, 0) is 37.5 Å². The molecule has 0 aliphatic heterocycles.